The van der Waals surface area contributed by atoms with Gasteiger partial charge >= 0.3 is 5.97 Å². The molecule has 0 heterocycles. The van der Waals surface area contributed by atoms with Crippen LogP contribution in [0.1, 0.15) is 103 Å². The fraction of sp³-hybridized carbons (Fsp3) is 0.889. The molecule has 0 saturated heterocycles. The van der Waals surface area contributed by atoms with Crippen LogP contribution in [0.15, 0.2) is 0 Å². The first kappa shape index (κ1) is 33.7. The first-order chi connectivity index (χ1) is 17.0. The van der Waals surface area contributed by atoms with Gasteiger partial charge in [-0.2, -0.15) is 0 Å². The molecule has 0 fully saturated rings. The van der Waals surface area contributed by atoms with Crippen LogP contribution in [0.4, 0.5) is 0 Å². The van der Waals surface area contributed by atoms with Gasteiger partial charge in [0.2, 0.25) is 0 Å². The van der Waals surface area contributed by atoms with Crippen LogP contribution in [0.5, 0.6) is 0 Å². The number of carboxylic acid groups (broad SMARTS) is 1. The summed E-state index contributed by atoms with van der Waals surface area (Å²) in [6, 6.07) is 0. The lowest BCUT2D eigenvalue weighted by Crippen LogP contribution is -2.12. The van der Waals surface area contributed by atoms with Crippen molar-refractivity contribution in [1.82, 2.24) is 0 Å². The molecule has 8 nitrogen and oxygen atoms in total. The second-order valence-corrected chi connectivity index (χ2v) is 8.97. The number of rotatable bonds is 29. The minimum atomic E-state index is -0.696. The molecule has 0 aliphatic rings. The van der Waals surface area contributed by atoms with Gasteiger partial charge in [0.25, 0.3) is 0 Å². The van der Waals surface area contributed by atoms with Crippen LogP contribution in [0.2, 0.25) is 0 Å². The van der Waals surface area contributed by atoms with Crippen LogP contribution in [0, 0.1) is 0 Å². The zero-order valence-electron chi connectivity index (χ0n) is 22.1. The number of ketones is 2. The fourth-order valence-corrected chi connectivity index (χ4v) is 3.49. The molecule has 0 amide bonds. The van der Waals surface area contributed by atoms with E-state index in [1.807, 2.05) is 0 Å². The van der Waals surface area contributed by atoms with Crippen molar-refractivity contribution in [2.24, 2.45) is 0 Å². The summed E-state index contributed by atoms with van der Waals surface area (Å²) in [7, 11) is 0. The second-order valence-electron chi connectivity index (χ2n) is 8.97. The highest BCUT2D eigenvalue weighted by atomic mass is 16.6. The molecule has 0 rings (SSSR count). The number of Topliss-reactive ketones (excluding diaryl/α,β-unsaturated/α-hetero) is 2. The minimum absolute atomic E-state index is 0.127. The highest BCUT2D eigenvalue weighted by Gasteiger charge is 2.02. The molecule has 35 heavy (non-hydrogen) atoms. The van der Waals surface area contributed by atoms with E-state index >= 15 is 0 Å². The molecule has 0 aliphatic carbocycles. The Bertz CT molecular complexity index is 509. The van der Waals surface area contributed by atoms with Crippen LogP contribution in [0.25, 0.3) is 0 Å². The Labute approximate surface area is 212 Å². The molecule has 0 aliphatic heterocycles. The van der Waals surface area contributed by atoms with E-state index in [0.29, 0.717) is 84.3 Å². The van der Waals surface area contributed by atoms with Crippen LogP contribution in [-0.2, 0) is 33.3 Å². The van der Waals surface area contributed by atoms with Crippen LogP contribution in [-0.4, -0.2) is 75.5 Å². The van der Waals surface area contributed by atoms with E-state index in [0.717, 1.165) is 38.5 Å². The van der Waals surface area contributed by atoms with Crippen LogP contribution < -0.4 is 0 Å². The fourth-order valence-electron chi connectivity index (χ4n) is 3.49. The maximum atomic E-state index is 11.9. The third-order valence-corrected chi connectivity index (χ3v) is 5.56. The summed E-state index contributed by atoms with van der Waals surface area (Å²) in [5.41, 5.74) is 0. The Hall–Kier alpha value is -1.35. The maximum absolute atomic E-state index is 11.9. The summed E-state index contributed by atoms with van der Waals surface area (Å²) in [6.07, 6.45) is 13.9. The molecule has 0 bridgehead atoms. The average molecular weight is 503 g/mol. The monoisotopic (exact) mass is 502 g/mol. The SMILES string of the molecule is CC(=O)CCOCCOCCOCCOCCCC(=O)CCCCCCCCCCCCC(=O)O. The lowest BCUT2D eigenvalue weighted by atomic mass is 10.0. The third kappa shape index (κ3) is 30.6. The summed E-state index contributed by atoms with van der Waals surface area (Å²) < 4.78 is 21.6. The molecule has 0 unspecified atom stereocenters. The highest BCUT2D eigenvalue weighted by Crippen LogP contribution is 2.12. The molecule has 1 N–H and O–H groups in total. The Morgan fingerprint density at radius 3 is 1.29 bits per heavy atom. The van der Waals surface area contributed by atoms with Gasteiger partial charge in [0, 0.05) is 32.3 Å². The van der Waals surface area contributed by atoms with Gasteiger partial charge in [0.15, 0.2) is 0 Å². The summed E-state index contributed by atoms with van der Waals surface area (Å²) in [4.78, 5) is 33.1. The Morgan fingerprint density at radius 1 is 0.457 bits per heavy atom. The van der Waals surface area contributed by atoms with E-state index in [-0.39, 0.29) is 5.78 Å². The van der Waals surface area contributed by atoms with Crippen molar-refractivity contribution >= 4 is 17.5 Å². The van der Waals surface area contributed by atoms with Gasteiger partial charge in [0.1, 0.15) is 11.6 Å². The van der Waals surface area contributed by atoms with E-state index in [1.54, 1.807) is 6.92 Å². The molecule has 0 radical (unpaired) electrons. The number of ether oxygens (including phenoxy) is 4. The largest absolute Gasteiger partial charge is 0.481 e. The van der Waals surface area contributed by atoms with Crippen LogP contribution >= 0.6 is 0 Å². The first-order valence-electron chi connectivity index (χ1n) is 13.6. The van der Waals surface area contributed by atoms with Crippen molar-refractivity contribution in [3.8, 4) is 0 Å². The number of carbonyl (C=O) groups excluding carboxylic acids is 2. The summed E-state index contributed by atoms with van der Waals surface area (Å²) in [6.45, 7) is 5.58. The highest BCUT2D eigenvalue weighted by molar-refractivity contribution is 5.78. The predicted octanol–water partition coefficient (Wildman–Crippen LogP) is 5.15. The normalized spacial score (nSPS) is 11.1. The minimum Gasteiger partial charge on any atom is -0.481 e. The van der Waals surface area contributed by atoms with Gasteiger partial charge < -0.3 is 24.1 Å². The molecular weight excluding hydrogens is 452 g/mol. The van der Waals surface area contributed by atoms with Gasteiger partial charge in [0.05, 0.1) is 46.2 Å². The van der Waals surface area contributed by atoms with E-state index < -0.39 is 5.97 Å². The topological polar surface area (TPSA) is 108 Å². The number of aliphatic carboxylic acids is 1. The first-order valence-corrected chi connectivity index (χ1v) is 13.6. The van der Waals surface area contributed by atoms with Crippen molar-refractivity contribution in [3.63, 3.8) is 0 Å². The molecule has 0 atom stereocenters. The van der Waals surface area contributed by atoms with Crippen molar-refractivity contribution in [3.05, 3.63) is 0 Å². The molecular formula is C27H50O8. The van der Waals surface area contributed by atoms with E-state index in [1.165, 1.54) is 32.1 Å². The lowest BCUT2D eigenvalue weighted by molar-refractivity contribution is -0.137. The van der Waals surface area contributed by atoms with E-state index in [9.17, 15) is 14.4 Å². The Morgan fingerprint density at radius 2 is 0.829 bits per heavy atom. The summed E-state index contributed by atoms with van der Waals surface area (Å²) in [5, 5.41) is 8.59. The standard InChI is InChI=1S/C27H50O8/c1-25(28)16-18-33-20-22-35-24-23-34-21-19-32-17-12-14-26(29)13-10-8-6-4-2-3-5-7-9-11-15-27(30)31/h2-24H2,1H3,(H,30,31). The Balaban J connectivity index is 3.17. The zero-order valence-corrected chi connectivity index (χ0v) is 22.1. The number of unbranched alkanes of at least 4 members (excludes halogenated alkanes) is 9. The molecule has 0 saturated carbocycles. The lowest BCUT2D eigenvalue weighted by Gasteiger charge is -2.07. The summed E-state index contributed by atoms with van der Waals surface area (Å²) in [5.74, 6) is -0.241. The van der Waals surface area contributed by atoms with Crippen molar-refractivity contribution in [1.29, 1.82) is 0 Å². The Kier molecular flexibility index (Phi) is 26.2. The van der Waals surface area contributed by atoms with Crippen molar-refractivity contribution in [2.75, 3.05) is 52.9 Å². The molecule has 8 heteroatoms. The van der Waals surface area contributed by atoms with Crippen molar-refractivity contribution < 1.29 is 38.4 Å². The zero-order chi connectivity index (χ0) is 25.8. The third-order valence-electron chi connectivity index (χ3n) is 5.56. The van der Waals surface area contributed by atoms with Gasteiger partial charge in [-0.25, -0.2) is 0 Å². The average Bonchev–Trinajstić information content (AvgIpc) is 2.81. The van der Waals surface area contributed by atoms with Crippen molar-refractivity contribution in [2.45, 2.75) is 103 Å². The molecule has 0 spiro atoms. The van der Waals surface area contributed by atoms with Gasteiger partial charge in [-0.15, -0.1) is 0 Å². The van der Waals surface area contributed by atoms with Gasteiger partial charge in [-0.3, -0.25) is 14.4 Å². The van der Waals surface area contributed by atoms with Gasteiger partial charge in [-0.1, -0.05) is 51.4 Å². The summed E-state index contributed by atoms with van der Waals surface area (Å²) >= 11 is 0. The van der Waals surface area contributed by atoms with Gasteiger partial charge in [-0.05, 0) is 26.2 Å². The molecule has 0 aromatic rings. The number of hydrogen-bond donors (Lipinski definition) is 1. The van der Waals surface area contributed by atoms with E-state index in [4.69, 9.17) is 24.1 Å². The molecule has 0 aromatic heterocycles. The predicted molar refractivity (Wildman–Crippen MR) is 136 cm³/mol. The quantitative estimate of drug-likeness (QED) is 0.140. The number of carbonyl (C=O) groups is 3. The molecule has 206 valence electrons. The maximum Gasteiger partial charge on any atom is 0.303 e. The molecule has 0 aromatic carbocycles. The second kappa shape index (κ2) is 27.2. The number of carboxylic acids is 1. The number of hydrogen-bond acceptors (Lipinski definition) is 7. The van der Waals surface area contributed by atoms with E-state index in [2.05, 4.69) is 0 Å². The van der Waals surface area contributed by atoms with Crippen LogP contribution in [0.3, 0.4) is 0 Å². The smallest absolute Gasteiger partial charge is 0.303 e.